The molecular weight excluding hydrogens is 198 g/mol. The zero-order chi connectivity index (χ0) is 12.4. The molecule has 0 atom stereocenters. The van der Waals surface area contributed by atoms with E-state index in [1.165, 1.54) is 25.7 Å². The first-order chi connectivity index (χ1) is 7.69. The molecule has 0 rings (SSSR count). The molecule has 0 radical (unpaired) electrons. The maximum Gasteiger partial charge on any atom is 0.193 e. The van der Waals surface area contributed by atoms with Crippen LogP contribution in [0.25, 0.3) is 0 Å². The van der Waals surface area contributed by atoms with Gasteiger partial charge in [0.05, 0.1) is 0 Å². The average Bonchev–Trinajstić information content (AvgIpc) is 2.32. The van der Waals surface area contributed by atoms with Gasteiger partial charge in [-0.25, -0.2) is 0 Å². The van der Waals surface area contributed by atoms with Crippen LogP contribution in [0.1, 0.15) is 46.5 Å². The third-order valence-electron chi connectivity index (χ3n) is 3.12. The summed E-state index contributed by atoms with van der Waals surface area (Å²) in [5.41, 5.74) is 0. The number of nitrogens with one attached hydrogen (secondary N) is 1. The van der Waals surface area contributed by atoms with Crippen molar-refractivity contribution in [3.8, 4) is 0 Å². The number of guanidine groups is 1. The summed E-state index contributed by atoms with van der Waals surface area (Å²) in [6.07, 6.45) is 4.93. The fourth-order valence-electron chi connectivity index (χ4n) is 1.70. The van der Waals surface area contributed by atoms with Gasteiger partial charge < -0.3 is 10.2 Å². The Morgan fingerprint density at radius 1 is 1.25 bits per heavy atom. The summed E-state index contributed by atoms with van der Waals surface area (Å²) in [6.45, 7) is 8.84. The van der Waals surface area contributed by atoms with E-state index in [0.29, 0.717) is 0 Å². The van der Waals surface area contributed by atoms with Gasteiger partial charge in [0.15, 0.2) is 5.96 Å². The van der Waals surface area contributed by atoms with E-state index in [4.69, 9.17) is 0 Å². The number of nitrogens with zero attached hydrogens (tertiary/aromatic N) is 2. The first kappa shape index (κ1) is 15.3. The highest BCUT2D eigenvalue weighted by molar-refractivity contribution is 5.79. The number of hydrogen-bond donors (Lipinski definition) is 1. The molecule has 96 valence electrons. The predicted molar refractivity (Wildman–Crippen MR) is 73.0 cm³/mol. The molecule has 0 unspecified atom stereocenters. The van der Waals surface area contributed by atoms with Crippen molar-refractivity contribution in [1.29, 1.82) is 0 Å². The Labute approximate surface area is 101 Å². The molecule has 1 N–H and O–H groups in total. The molecule has 0 fully saturated rings. The number of unbranched alkanes of at least 4 members (excludes halogenated alkanes) is 1. The van der Waals surface area contributed by atoms with Gasteiger partial charge in [0.25, 0.3) is 0 Å². The van der Waals surface area contributed by atoms with Crippen LogP contribution in [0, 0.1) is 5.92 Å². The summed E-state index contributed by atoms with van der Waals surface area (Å²) >= 11 is 0. The summed E-state index contributed by atoms with van der Waals surface area (Å²) in [4.78, 5) is 6.53. The summed E-state index contributed by atoms with van der Waals surface area (Å²) in [5.74, 6) is 1.79. The van der Waals surface area contributed by atoms with Crippen LogP contribution in [0.15, 0.2) is 4.99 Å². The van der Waals surface area contributed by atoms with Crippen molar-refractivity contribution in [1.82, 2.24) is 10.2 Å². The third-order valence-corrected chi connectivity index (χ3v) is 3.12. The van der Waals surface area contributed by atoms with Crippen LogP contribution in [0.4, 0.5) is 0 Å². The van der Waals surface area contributed by atoms with Gasteiger partial charge in [-0.15, -0.1) is 0 Å². The van der Waals surface area contributed by atoms with E-state index in [0.717, 1.165) is 25.0 Å². The second-order valence-electron chi connectivity index (χ2n) is 4.39. The average molecular weight is 227 g/mol. The summed E-state index contributed by atoms with van der Waals surface area (Å²) in [6, 6.07) is 0. The number of hydrogen-bond acceptors (Lipinski definition) is 1. The van der Waals surface area contributed by atoms with Crippen molar-refractivity contribution in [3.63, 3.8) is 0 Å². The van der Waals surface area contributed by atoms with E-state index >= 15 is 0 Å². The molecule has 0 amide bonds. The smallest absolute Gasteiger partial charge is 0.193 e. The number of aliphatic imine (C=N–C) groups is 1. The van der Waals surface area contributed by atoms with Crippen molar-refractivity contribution in [2.24, 2.45) is 10.9 Å². The Morgan fingerprint density at radius 3 is 2.31 bits per heavy atom. The zero-order valence-electron chi connectivity index (χ0n) is 11.7. The lowest BCUT2D eigenvalue weighted by Gasteiger charge is -2.23. The molecule has 0 aromatic rings. The Hall–Kier alpha value is -0.730. The van der Waals surface area contributed by atoms with Crippen molar-refractivity contribution in [2.75, 3.05) is 27.2 Å². The van der Waals surface area contributed by atoms with E-state index in [2.05, 4.69) is 43.0 Å². The molecule has 0 heterocycles. The normalized spacial score (nSPS) is 12.0. The Morgan fingerprint density at radius 2 is 1.88 bits per heavy atom. The van der Waals surface area contributed by atoms with E-state index in [-0.39, 0.29) is 0 Å². The minimum Gasteiger partial charge on any atom is -0.356 e. The van der Waals surface area contributed by atoms with Crippen LogP contribution in [0.5, 0.6) is 0 Å². The fraction of sp³-hybridized carbons (Fsp3) is 0.923. The van der Waals surface area contributed by atoms with Gasteiger partial charge in [-0.3, -0.25) is 4.99 Å². The SMILES string of the molecule is CCCCN(C)C(=NC)NCC(CC)CC. The minimum atomic E-state index is 0.760. The molecule has 0 aliphatic carbocycles. The molecular formula is C13H29N3. The molecule has 16 heavy (non-hydrogen) atoms. The lowest BCUT2D eigenvalue weighted by molar-refractivity contribution is 0.436. The zero-order valence-corrected chi connectivity index (χ0v) is 11.7. The van der Waals surface area contributed by atoms with Crippen molar-refractivity contribution >= 4 is 5.96 Å². The minimum absolute atomic E-state index is 0.760. The molecule has 0 aromatic carbocycles. The van der Waals surface area contributed by atoms with E-state index in [9.17, 15) is 0 Å². The molecule has 0 saturated heterocycles. The highest BCUT2D eigenvalue weighted by atomic mass is 15.3. The van der Waals surface area contributed by atoms with Crippen molar-refractivity contribution in [2.45, 2.75) is 46.5 Å². The second kappa shape index (κ2) is 9.49. The van der Waals surface area contributed by atoms with Gasteiger partial charge in [-0.2, -0.15) is 0 Å². The fourth-order valence-corrected chi connectivity index (χ4v) is 1.70. The largest absolute Gasteiger partial charge is 0.356 e. The standard InChI is InChI=1S/C13H29N3/c1-6-9-10-16(5)13(14-4)15-11-12(7-2)8-3/h12H,6-11H2,1-5H3,(H,14,15). The van der Waals surface area contributed by atoms with Crippen molar-refractivity contribution < 1.29 is 0 Å². The highest BCUT2D eigenvalue weighted by Gasteiger charge is 2.07. The topological polar surface area (TPSA) is 27.6 Å². The molecule has 0 saturated carbocycles. The molecule has 0 bridgehead atoms. The predicted octanol–water partition coefficient (Wildman–Crippen LogP) is 2.73. The van der Waals surface area contributed by atoms with Crippen LogP contribution in [-0.2, 0) is 0 Å². The summed E-state index contributed by atoms with van der Waals surface area (Å²) in [5, 5.41) is 3.46. The van der Waals surface area contributed by atoms with Gasteiger partial charge in [-0.05, 0) is 12.3 Å². The van der Waals surface area contributed by atoms with Gasteiger partial charge in [-0.1, -0.05) is 40.0 Å². The molecule has 0 aliphatic rings. The molecule has 3 heteroatoms. The van der Waals surface area contributed by atoms with E-state index in [1.807, 2.05) is 7.05 Å². The van der Waals surface area contributed by atoms with Crippen LogP contribution < -0.4 is 5.32 Å². The van der Waals surface area contributed by atoms with Gasteiger partial charge in [0, 0.05) is 27.2 Å². The van der Waals surface area contributed by atoms with Gasteiger partial charge in [0.1, 0.15) is 0 Å². The maximum absolute atomic E-state index is 4.31. The first-order valence-corrected chi connectivity index (χ1v) is 6.61. The Kier molecular flexibility index (Phi) is 9.06. The van der Waals surface area contributed by atoms with Gasteiger partial charge in [0.2, 0.25) is 0 Å². The van der Waals surface area contributed by atoms with Gasteiger partial charge >= 0.3 is 0 Å². The molecule has 0 aromatic heterocycles. The monoisotopic (exact) mass is 227 g/mol. The maximum atomic E-state index is 4.31. The Bertz CT molecular complexity index is 186. The Balaban J connectivity index is 4.00. The highest BCUT2D eigenvalue weighted by Crippen LogP contribution is 2.05. The summed E-state index contributed by atoms with van der Waals surface area (Å²) < 4.78 is 0. The third kappa shape index (κ3) is 5.99. The molecule has 0 aliphatic heterocycles. The van der Waals surface area contributed by atoms with E-state index < -0.39 is 0 Å². The quantitative estimate of drug-likeness (QED) is 0.535. The number of rotatable bonds is 7. The summed E-state index contributed by atoms with van der Waals surface area (Å²) in [7, 11) is 3.97. The van der Waals surface area contributed by atoms with E-state index in [1.54, 1.807) is 0 Å². The van der Waals surface area contributed by atoms with Crippen molar-refractivity contribution in [3.05, 3.63) is 0 Å². The van der Waals surface area contributed by atoms with Crippen LogP contribution in [0.3, 0.4) is 0 Å². The van der Waals surface area contributed by atoms with Crippen LogP contribution in [-0.4, -0.2) is 38.0 Å². The lowest BCUT2D eigenvalue weighted by atomic mass is 10.0. The molecule has 0 spiro atoms. The van der Waals surface area contributed by atoms with Crippen LogP contribution in [0.2, 0.25) is 0 Å². The lowest BCUT2D eigenvalue weighted by Crippen LogP contribution is -2.41. The van der Waals surface area contributed by atoms with Crippen LogP contribution >= 0.6 is 0 Å². The first-order valence-electron chi connectivity index (χ1n) is 6.61. The second-order valence-corrected chi connectivity index (χ2v) is 4.39. The molecule has 3 nitrogen and oxygen atoms in total.